The van der Waals surface area contributed by atoms with Crippen molar-refractivity contribution in [3.8, 4) is 0 Å². The molecule has 0 radical (unpaired) electrons. The van der Waals surface area contributed by atoms with Crippen LogP contribution in [0.2, 0.25) is 0 Å². The van der Waals surface area contributed by atoms with Crippen molar-refractivity contribution in [2.24, 2.45) is 0 Å². The van der Waals surface area contributed by atoms with Gasteiger partial charge < -0.3 is 4.90 Å². The zero-order valence-corrected chi connectivity index (χ0v) is 17.0. The maximum absolute atomic E-state index is 13.2. The summed E-state index contributed by atoms with van der Waals surface area (Å²) in [5.74, 6) is 0.756. The Kier molecular flexibility index (Phi) is 4.65. The molecule has 3 heterocycles. The minimum atomic E-state index is -0.0672. The van der Waals surface area contributed by atoms with Gasteiger partial charge in [-0.1, -0.05) is 30.3 Å². The number of nitrogens with zero attached hydrogens (tertiary/aromatic N) is 3. The van der Waals surface area contributed by atoms with Gasteiger partial charge in [0.1, 0.15) is 0 Å². The first-order valence-electron chi connectivity index (χ1n) is 10.2. The molecule has 4 nitrogen and oxygen atoms in total. The number of anilines is 1. The Labute approximate surface area is 169 Å². The third-order valence-electron chi connectivity index (χ3n) is 6.25. The lowest BCUT2D eigenvalue weighted by Gasteiger charge is -2.36. The lowest BCUT2D eigenvalue weighted by Crippen LogP contribution is -2.49. The molecule has 3 aromatic rings. The van der Waals surface area contributed by atoms with E-state index in [-0.39, 0.29) is 11.9 Å². The molecule has 0 spiro atoms. The van der Waals surface area contributed by atoms with E-state index in [1.54, 1.807) is 0 Å². The number of benzene rings is 2. The molecule has 0 bridgehead atoms. The fourth-order valence-electron chi connectivity index (χ4n) is 4.55. The van der Waals surface area contributed by atoms with Crippen molar-refractivity contribution in [1.29, 1.82) is 0 Å². The summed E-state index contributed by atoms with van der Waals surface area (Å²) < 4.78 is 1.27. The molecule has 0 N–H and O–H groups in total. The van der Waals surface area contributed by atoms with Gasteiger partial charge in [-0.15, -0.1) is 11.3 Å². The Balaban J connectivity index is 1.24. The van der Waals surface area contributed by atoms with E-state index in [4.69, 9.17) is 4.98 Å². The summed E-state index contributed by atoms with van der Waals surface area (Å²) in [6.45, 7) is 4.80. The van der Waals surface area contributed by atoms with Gasteiger partial charge in [0.15, 0.2) is 0 Å². The van der Waals surface area contributed by atoms with Crippen LogP contribution in [0.4, 0.5) is 5.69 Å². The second-order valence-electron chi connectivity index (χ2n) is 7.87. The van der Waals surface area contributed by atoms with E-state index < -0.39 is 0 Å². The number of fused-ring (bicyclic) bond motifs is 2. The number of hydrogen-bond acceptors (Lipinski definition) is 4. The van der Waals surface area contributed by atoms with Crippen molar-refractivity contribution in [2.45, 2.75) is 38.1 Å². The molecule has 2 aromatic carbocycles. The van der Waals surface area contributed by atoms with Crippen LogP contribution < -0.4 is 4.90 Å². The Bertz CT molecular complexity index is 973. The highest BCUT2D eigenvalue weighted by atomic mass is 32.1. The quantitative estimate of drug-likeness (QED) is 0.662. The van der Waals surface area contributed by atoms with Crippen molar-refractivity contribution in [1.82, 2.24) is 9.88 Å². The lowest BCUT2D eigenvalue weighted by atomic mass is 9.96. The SMILES string of the molecule is C[C@@H](C(=O)N1CCc2ccccc21)N1CCC(c2nc3ccccc3s2)CC1. The van der Waals surface area contributed by atoms with Crippen molar-refractivity contribution in [3.63, 3.8) is 0 Å². The molecular weight excluding hydrogens is 366 g/mol. The van der Waals surface area contributed by atoms with E-state index in [9.17, 15) is 4.79 Å². The highest BCUT2D eigenvalue weighted by Crippen LogP contribution is 2.35. The standard InChI is InChI=1S/C23H25N3OS/c1-16(23(27)26-15-12-17-6-2-4-8-20(17)26)25-13-10-18(11-14-25)22-24-19-7-3-5-9-21(19)28-22/h2-9,16,18H,10-15H2,1H3/t16-/m0/s1. The zero-order chi connectivity index (χ0) is 19.1. The number of thiazole rings is 1. The number of rotatable bonds is 3. The summed E-state index contributed by atoms with van der Waals surface area (Å²) >= 11 is 1.83. The molecule has 0 unspecified atom stereocenters. The first kappa shape index (κ1) is 17.8. The van der Waals surface area contributed by atoms with Gasteiger partial charge >= 0.3 is 0 Å². The number of aromatic nitrogens is 1. The van der Waals surface area contributed by atoms with Gasteiger partial charge in [-0.3, -0.25) is 9.69 Å². The second-order valence-corrected chi connectivity index (χ2v) is 8.94. The first-order chi connectivity index (χ1) is 13.7. The number of likely N-dealkylation sites (tertiary alicyclic amines) is 1. The highest BCUT2D eigenvalue weighted by molar-refractivity contribution is 7.18. The van der Waals surface area contributed by atoms with Crippen molar-refractivity contribution >= 4 is 33.1 Å². The predicted molar refractivity (Wildman–Crippen MR) is 115 cm³/mol. The van der Waals surface area contributed by atoms with Crippen LogP contribution in [-0.2, 0) is 11.2 Å². The predicted octanol–water partition coefficient (Wildman–Crippen LogP) is 4.45. The number of piperidine rings is 1. The van der Waals surface area contributed by atoms with Gasteiger partial charge in [0.05, 0.1) is 21.3 Å². The summed E-state index contributed by atoms with van der Waals surface area (Å²) in [5, 5.41) is 1.26. The van der Waals surface area contributed by atoms with Crippen molar-refractivity contribution in [2.75, 3.05) is 24.5 Å². The molecule has 5 rings (SSSR count). The topological polar surface area (TPSA) is 36.4 Å². The van der Waals surface area contributed by atoms with Gasteiger partial charge in [0, 0.05) is 18.2 Å². The average molecular weight is 392 g/mol. The summed E-state index contributed by atoms with van der Waals surface area (Å²) in [6.07, 6.45) is 3.12. The molecule has 0 aliphatic carbocycles. The van der Waals surface area contributed by atoms with E-state index >= 15 is 0 Å². The minimum absolute atomic E-state index is 0.0672. The number of carbonyl (C=O) groups is 1. The van der Waals surface area contributed by atoms with Gasteiger partial charge in [-0.2, -0.15) is 0 Å². The monoisotopic (exact) mass is 391 g/mol. The Morgan fingerprint density at radius 2 is 1.82 bits per heavy atom. The summed E-state index contributed by atoms with van der Waals surface area (Å²) in [5.41, 5.74) is 3.50. The normalized spacial score (nSPS) is 19.1. The molecule has 1 saturated heterocycles. The smallest absolute Gasteiger partial charge is 0.244 e. The van der Waals surface area contributed by atoms with Gasteiger partial charge in [0.2, 0.25) is 5.91 Å². The van der Waals surface area contributed by atoms with E-state index in [1.807, 2.05) is 22.3 Å². The van der Waals surface area contributed by atoms with Gasteiger partial charge in [-0.25, -0.2) is 4.98 Å². The molecule has 1 atom stereocenters. The molecule has 1 fully saturated rings. The number of amides is 1. The highest BCUT2D eigenvalue weighted by Gasteiger charge is 2.33. The maximum Gasteiger partial charge on any atom is 0.244 e. The van der Waals surface area contributed by atoms with E-state index in [2.05, 4.69) is 54.3 Å². The Hall–Kier alpha value is -2.24. The molecule has 5 heteroatoms. The lowest BCUT2D eigenvalue weighted by molar-refractivity contribution is -0.123. The molecule has 2 aliphatic heterocycles. The minimum Gasteiger partial charge on any atom is -0.310 e. The van der Waals surface area contributed by atoms with Crippen molar-refractivity contribution < 1.29 is 4.79 Å². The molecule has 2 aliphatic rings. The number of carbonyl (C=O) groups excluding carboxylic acids is 1. The fourth-order valence-corrected chi connectivity index (χ4v) is 5.68. The van der Waals surface area contributed by atoms with Gasteiger partial charge in [0.25, 0.3) is 0 Å². The number of hydrogen-bond donors (Lipinski definition) is 0. The summed E-state index contributed by atoms with van der Waals surface area (Å²) in [7, 11) is 0. The molecule has 1 amide bonds. The van der Waals surface area contributed by atoms with Crippen LogP contribution in [0.3, 0.4) is 0 Å². The van der Waals surface area contributed by atoms with Crippen LogP contribution in [0.5, 0.6) is 0 Å². The van der Waals surface area contributed by atoms with Crippen molar-refractivity contribution in [3.05, 3.63) is 59.1 Å². The molecular formula is C23H25N3OS. The molecule has 144 valence electrons. The zero-order valence-electron chi connectivity index (χ0n) is 16.2. The van der Waals surface area contributed by atoms with E-state index in [1.165, 1.54) is 15.3 Å². The molecule has 1 aromatic heterocycles. The fraction of sp³-hybridized carbons (Fsp3) is 0.391. The summed E-state index contributed by atoms with van der Waals surface area (Å²) in [4.78, 5) is 22.3. The van der Waals surface area contributed by atoms with Crippen LogP contribution in [0.15, 0.2) is 48.5 Å². The maximum atomic E-state index is 13.2. The Morgan fingerprint density at radius 1 is 1.07 bits per heavy atom. The van der Waals surface area contributed by atoms with E-state index in [0.717, 1.165) is 50.1 Å². The average Bonchev–Trinajstić information content (AvgIpc) is 3.37. The van der Waals surface area contributed by atoms with Crippen LogP contribution in [0.25, 0.3) is 10.2 Å². The van der Waals surface area contributed by atoms with Crippen LogP contribution in [-0.4, -0.2) is 41.5 Å². The summed E-state index contributed by atoms with van der Waals surface area (Å²) in [6, 6.07) is 16.6. The van der Waals surface area contributed by atoms with Crippen LogP contribution in [0.1, 0.15) is 36.3 Å². The number of para-hydroxylation sites is 2. The third-order valence-corrected chi connectivity index (χ3v) is 7.45. The van der Waals surface area contributed by atoms with Gasteiger partial charge in [-0.05, 0) is 63.0 Å². The van der Waals surface area contributed by atoms with E-state index in [0.29, 0.717) is 5.92 Å². The molecule has 28 heavy (non-hydrogen) atoms. The van der Waals surface area contributed by atoms with Crippen LogP contribution in [0, 0.1) is 0 Å². The molecule has 0 saturated carbocycles. The second kappa shape index (κ2) is 7.30. The first-order valence-corrected chi connectivity index (χ1v) is 11.0. The van der Waals surface area contributed by atoms with Crippen LogP contribution >= 0.6 is 11.3 Å². The third kappa shape index (κ3) is 3.12. The largest absolute Gasteiger partial charge is 0.310 e. The Morgan fingerprint density at radius 3 is 2.64 bits per heavy atom.